The van der Waals surface area contributed by atoms with Crippen LogP contribution in [0.2, 0.25) is 0 Å². The second-order valence-electron chi connectivity index (χ2n) is 6.46. The molecule has 0 aliphatic heterocycles. The molecule has 0 aliphatic rings. The van der Waals surface area contributed by atoms with Gasteiger partial charge in [-0.1, -0.05) is 18.9 Å². The van der Waals surface area contributed by atoms with Crippen molar-refractivity contribution in [2.24, 2.45) is 4.99 Å². The Kier molecular flexibility index (Phi) is 12.3. The maximum absolute atomic E-state index is 11.3. The van der Waals surface area contributed by atoms with E-state index in [1.54, 1.807) is 14.2 Å². The van der Waals surface area contributed by atoms with E-state index in [0.29, 0.717) is 19.6 Å². The number of unbranched alkanes of at least 4 members (excludes halogenated alkanes) is 3. The van der Waals surface area contributed by atoms with Gasteiger partial charge in [-0.3, -0.25) is 9.79 Å². The number of esters is 1. The number of aliphatic imine (C=N–C) groups is 1. The first-order chi connectivity index (χ1) is 13.6. The fourth-order valence-corrected chi connectivity index (χ4v) is 2.60. The van der Waals surface area contributed by atoms with Crippen LogP contribution in [0.1, 0.15) is 46.0 Å². The Morgan fingerprint density at radius 1 is 1.14 bits per heavy atom. The van der Waals surface area contributed by atoms with Crippen molar-refractivity contribution in [3.05, 3.63) is 24.3 Å². The molecular weight excluding hydrogens is 358 g/mol. The highest BCUT2D eigenvalue weighted by Crippen LogP contribution is 2.19. The zero-order valence-electron chi connectivity index (χ0n) is 17.6. The summed E-state index contributed by atoms with van der Waals surface area (Å²) in [5, 5.41) is 6.57. The first-order valence-corrected chi connectivity index (χ1v) is 9.99. The van der Waals surface area contributed by atoms with Gasteiger partial charge in [0.1, 0.15) is 17.6 Å². The Hall–Kier alpha value is -2.44. The quantitative estimate of drug-likeness (QED) is 0.232. The summed E-state index contributed by atoms with van der Waals surface area (Å²) in [6, 6.07) is 7.57. The first-order valence-electron chi connectivity index (χ1n) is 9.99. The Morgan fingerprint density at radius 2 is 1.89 bits per heavy atom. The number of rotatable bonds is 13. The van der Waals surface area contributed by atoms with Gasteiger partial charge in [0.25, 0.3) is 0 Å². The standard InChI is InChI=1S/C21H35N3O4/c1-5-27-20(25)13-8-6-7-9-14-23-21(22-3)24-16-17(2)28-19-12-10-11-18(15-19)26-4/h10-12,15,17H,5-9,13-14,16H2,1-4H3,(H2,22,23,24). The Bertz CT molecular complexity index is 593. The number of methoxy groups -OCH3 is 1. The number of carbonyl (C=O) groups is 1. The monoisotopic (exact) mass is 393 g/mol. The minimum atomic E-state index is -0.101. The second-order valence-corrected chi connectivity index (χ2v) is 6.46. The zero-order valence-corrected chi connectivity index (χ0v) is 17.6. The van der Waals surface area contributed by atoms with Crippen molar-refractivity contribution >= 4 is 11.9 Å². The van der Waals surface area contributed by atoms with Crippen LogP contribution >= 0.6 is 0 Å². The SMILES string of the molecule is CCOC(=O)CCCCCCNC(=NC)NCC(C)Oc1cccc(OC)c1. The molecule has 158 valence electrons. The van der Waals surface area contributed by atoms with Gasteiger partial charge in [0, 0.05) is 26.1 Å². The predicted octanol–water partition coefficient (Wildman–Crippen LogP) is 3.14. The summed E-state index contributed by atoms with van der Waals surface area (Å²) in [6.45, 7) is 5.76. The lowest BCUT2D eigenvalue weighted by molar-refractivity contribution is -0.143. The molecule has 28 heavy (non-hydrogen) atoms. The van der Waals surface area contributed by atoms with E-state index in [-0.39, 0.29) is 12.1 Å². The van der Waals surface area contributed by atoms with Crippen LogP contribution < -0.4 is 20.1 Å². The molecule has 0 spiro atoms. The number of nitrogens with zero attached hydrogens (tertiary/aromatic N) is 1. The Morgan fingerprint density at radius 3 is 2.61 bits per heavy atom. The summed E-state index contributed by atoms with van der Waals surface area (Å²) in [5.41, 5.74) is 0. The molecular formula is C21H35N3O4. The van der Waals surface area contributed by atoms with Gasteiger partial charge in [-0.25, -0.2) is 0 Å². The van der Waals surface area contributed by atoms with Crippen LogP contribution in [0.25, 0.3) is 0 Å². The van der Waals surface area contributed by atoms with Gasteiger partial charge in [0.05, 0.1) is 20.3 Å². The minimum absolute atomic E-state index is 0.0199. The number of benzene rings is 1. The number of guanidine groups is 1. The molecule has 0 bridgehead atoms. The summed E-state index contributed by atoms with van der Waals surface area (Å²) in [7, 11) is 3.39. The minimum Gasteiger partial charge on any atom is -0.497 e. The van der Waals surface area contributed by atoms with E-state index in [4.69, 9.17) is 14.2 Å². The van der Waals surface area contributed by atoms with E-state index in [1.807, 2.05) is 38.1 Å². The van der Waals surface area contributed by atoms with E-state index in [0.717, 1.165) is 49.7 Å². The van der Waals surface area contributed by atoms with Crippen LogP contribution in [-0.2, 0) is 9.53 Å². The van der Waals surface area contributed by atoms with Crippen molar-refractivity contribution in [1.82, 2.24) is 10.6 Å². The number of hydrogen-bond donors (Lipinski definition) is 2. The summed E-state index contributed by atoms with van der Waals surface area (Å²) < 4.78 is 16.0. The van der Waals surface area contributed by atoms with Crippen molar-refractivity contribution in [1.29, 1.82) is 0 Å². The molecule has 0 amide bonds. The van der Waals surface area contributed by atoms with Gasteiger partial charge < -0.3 is 24.8 Å². The number of carbonyl (C=O) groups excluding carboxylic acids is 1. The lowest BCUT2D eigenvalue weighted by Gasteiger charge is -2.18. The number of nitrogens with one attached hydrogen (secondary N) is 2. The van der Waals surface area contributed by atoms with Gasteiger partial charge in [-0.05, 0) is 38.8 Å². The third-order valence-corrected chi connectivity index (χ3v) is 4.06. The normalized spacial score (nSPS) is 12.2. The highest BCUT2D eigenvalue weighted by molar-refractivity contribution is 5.79. The van der Waals surface area contributed by atoms with Crippen molar-refractivity contribution in [2.75, 3.05) is 33.9 Å². The smallest absolute Gasteiger partial charge is 0.305 e. The maximum atomic E-state index is 11.3. The number of ether oxygens (including phenoxy) is 3. The zero-order chi connectivity index (χ0) is 20.6. The van der Waals surface area contributed by atoms with Crippen LogP contribution in [0.3, 0.4) is 0 Å². The average Bonchev–Trinajstić information content (AvgIpc) is 2.69. The van der Waals surface area contributed by atoms with E-state index in [1.165, 1.54) is 0 Å². The Balaban J connectivity index is 2.15. The van der Waals surface area contributed by atoms with Crippen LogP contribution in [-0.4, -0.2) is 51.9 Å². The average molecular weight is 394 g/mol. The maximum Gasteiger partial charge on any atom is 0.305 e. The molecule has 0 aliphatic carbocycles. The Labute approximate surface area is 168 Å². The van der Waals surface area contributed by atoms with Crippen molar-refractivity contribution in [2.45, 2.75) is 52.1 Å². The highest BCUT2D eigenvalue weighted by Gasteiger charge is 2.06. The molecule has 7 heteroatoms. The predicted molar refractivity (Wildman–Crippen MR) is 112 cm³/mol. The van der Waals surface area contributed by atoms with Gasteiger partial charge >= 0.3 is 5.97 Å². The van der Waals surface area contributed by atoms with Gasteiger partial charge in [0.2, 0.25) is 0 Å². The fraction of sp³-hybridized carbons (Fsp3) is 0.619. The summed E-state index contributed by atoms with van der Waals surface area (Å²) in [6.07, 6.45) is 4.49. The lowest BCUT2D eigenvalue weighted by atomic mass is 10.1. The third-order valence-electron chi connectivity index (χ3n) is 4.06. The van der Waals surface area contributed by atoms with E-state index < -0.39 is 0 Å². The molecule has 0 saturated carbocycles. The van der Waals surface area contributed by atoms with E-state index >= 15 is 0 Å². The molecule has 0 aromatic heterocycles. The van der Waals surface area contributed by atoms with Gasteiger partial charge in [-0.15, -0.1) is 0 Å². The molecule has 0 saturated heterocycles. The summed E-state index contributed by atoms with van der Waals surface area (Å²) in [5.74, 6) is 2.21. The van der Waals surface area contributed by atoms with Crippen molar-refractivity contribution in [3.8, 4) is 11.5 Å². The van der Waals surface area contributed by atoms with Crippen LogP contribution in [0.5, 0.6) is 11.5 Å². The molecule has 0 radical (unpaired) electrons. The molecule has 7 nitrogen and oxygen atoms in total. The van der Waals surface area contributed by atoms with E-state index in [2.05, 4.69) is 15.6 Å². The molecule has 1 unspecified atom stereocenters. The second kappa shape index (κ2) is 14.6. The van der Waals surface area contributed by atoms with Gasteiger partial charge in [0.15, 0.2) is 5.96 Å². The van der Waals surface area contributed by atoms with Crippen molar-refractivity contribution < 1.29 is 19.0 Å². The molecule has 0 heterocycles. The van der Waals surface area contributed by atoms with Gasteiger partial charge in [-0.2, -0.15) is 0 Å². The van der Waals surface area contributed by atoms with Crippen LogP contribution in [0.4, 0.5) is 0 Å². The molecule has 1 aromatic carbocycles. The molecule has 1 rings (SSSR count). The van der Waals surface area contributed by atoms with Crippen molar-refractivity contribution in [3.63, 3.8) is 0 Å². The molecule has 1 atom stereocenters. The first kappa shape index (κ1) is 23.6. The number of hydrogen-bond acceptors (Lipinski definition) is 5. The topological polar surface area (TPSA) is 81.2 Å². The van der Waals surface area contributed by atoms with Crippen LogP contribution in [0, 0.1) is 0 Å². The fourth-order valence-electron chi connectivity index (χ4n) is 2.60. The summed E-state index contributed by atoms with van der Waals surface area (Å²) >= 11 is 0. The molecule has 0 fully saturated rings. The third kappa shape index (κ3) is 10.6. The lowest BCUT2D eigenvalue weighted by Crippen LogP contribution is -2.42. The molecule has 2 N–H and O–H groups in total. The van der Waals surface area contributed by atoms with E-state index in [9.17, 15) is 4.79 Å². The largest absolute Gasteiger partial charge is 0.497 e. The summed E-state index contributed by atoms with van der Waals surface area (Å²) in [4.78, 5) is 15.5. The molecule has 1 aromatic rings. The highest BCUT2D eigenvalue weighted by atomic mass is 16.5. The van der Waals surface area contributed by atoms with Crippen LogP contribution in [0.15, 0.2) is 29.3 Å².